The molecule has 6 nitrogen and oxygen atoms in total. The second-order valence-electron chi connectivity index (χ2n) is 7.59. The van der Waals surface area contributed by atoms with E-state index >= 15 is 0 Å². The van der Waals surface area contributed by atoms with Gasteiger partial charge >= 0.3 is 6.03 Å². The van der Waals surface area contributed by atoms with Crippen molar-refractivity contribution in [2.24, 2.45) is 0 Å². The van der Waals surface area contributed by atoms with Gasteiger partial charge in [0, 0.05) is 15.6 Å². The Balaban J connectivity index is 1.62. The predicted molar refractivity (Wildman–Crippen MR) is 143 cm³/mol. The SMILES string of the molecule is Cc1ccc(N2C(=O)NC(=O)/C(=C/c3cc(Br)c(OCc4ccccc4Cl)c(Br)c3)C2=O)cc1Cl. The van der Waals surface area contributed by atoms with Crippen LogP contribution in [0.3, 0.4) is 0 Å². The normalized spacial score (nSPS) is 14.9. The number of carbonyl (C=O) groups excluding carboxylic acids is 3. The molecule has 1 heterocycles. The summed E-state index contributed by atoms with van der Waals surface area (Å²) >= 11 is 19.3. The molecule has 0 bridgehead atoms. The van der Waals surface area contributed by atoms with Gasteiger partial charge in [0.2, 0.25) is 0 Å². The summed E-state index contributed by atoms with van der Waals surface area (Å²) in [6.07, 6.45) is 1.40. The van der Waals surface area contributed by atoms with Crippen molar-refractivity contribution in [3.63, 3.8) is 0 Å². The maximum atomic E-state index is 13.1. The van der Waals surface area contributed by atoms with Gasteiger partial charge in [0.05, 0.1) is 14.6 Å². The van der Waals surface area contributed by atoms with Crippen molar-refractivity contribution in [2.75, 3.05) is 4.90 Å². The van der Waals surface area contributed by atoms with E-state index in [-0.39, 0.29) is 17.9 Å². The summed E-state index contributed by atoms with van der Waals surface area (Å²) in [6.45, 7) is 2.05. The third-order valence-electron chi connectivity index (χ3n) is 5.18. The quantitative estimate of drug-likeness (QED) is 0.240. The summed E-state index contributed by atoms with van der Waals surface area (Å²) in [4.78, 5) is 39.0. The first-order chi connectivity index (χ1) is 16.7. The summed E-state index contributed by atoms with van der Waals surface area (Å²) in [5.41, 5.74) is 2.20. The molecule has 0 unspecified atom stereocenters. The summed E-state index contributed by atoms with van der Waals surface area (Å²) in [5, 5.41) is 3.19. The highest BCUT2D eigenvalue weighted by Gasteiger charge is 2.37. The molecule has 10 heteroatoms. The first kappa shape index (κ1) is 25.4. The fraction of sp³-hybridized carbons (Fsp3) is 0.0800. The molecule has 178 valence electrons. The second-order valence-corrected chi connectivity index (χ2v) is 10.1. The van der Waals surface area contributed by atoms with E-state index in [1.807, 2.05) is 18.2 Å². The minimum Gasteiger partial charge on any atom is -0.486 e. The van der Waals surface area contributed by atoms with Crippen molar-refractivity contribution < 1.29 is 19.1 Å². The van der Waals surface area contributed by atoms with Crippen LogP contribution in [0.5, 0.6) is 5.75 Å². The van der Waals surface area contributed by atoms with Crippen LogP contribution in [0.25, 0.3) is 6.08 Å². The van der Waals surface area contributed by atoms with Gasteiger partial charge in [-0.1, -0.05) is 47.5 Å². The van der Waals surface area contributed by atoms with Crippen LogP contribution >= 0.6 is 55.1 Å². The highest BCUT2D eigenvalue weighted by molar-refractivity contribution is 9.11. The van der Waals surface area contributed by atoms with Gasteiger partial charge in [-0.2, -0.15) is 0 Å². The number of urea groups is 1. The van der Waals surface area contributed by atoms with Crippen LogP contribution in [-0.4, -0.2) is 17.8 Å². The summed E-state index contributed by atoms with van der Waals surface area (Å²) < 4.78 is 7.10. The third-order valence-corrected chi connectivity index (χ3v) is 7.13. The van der Waals surface area contributed by atoms with Gasteiger partial charge in [-0.3, -0.25) is 14.9 Å². The monoisotopic (exact) mass is 636 g/mol. The maximum absolute atomic E-state index is 13.1. The zero-order valence-corrected chi connectivity index (χ0v) is 22.8. The van der Waals surface area contributed by atoms with Crippen molar-refractivity contribution in [1.82, 2.24) is 5.32 Å². The predicted octanol–water partition coefficient (Wildman–Crippen LogP) is 7.07. The highest BCUT2D eigenvalue weighted by atomic mass is 79.9. The summed E-state index contributed by atoms with van der Waals surface area (Å²) in [7, 11) is 0. The second kappa shape index (κ2) is 10.5. The third kappa shape index (κ3) is 5.46. The lowest BCUT2D eigenvalue weighted by atomic mass is 10.1. The summed E-state index contributed by atoms with van der Waals surface area (Å²) in [5.74, 6) is -1.02. The average molecular weight is 639 g/mol. The molecule has 3 aromatic rings. The first-order valence-electron chi connectivity index (χ1n) is 10.2. The van der Waals surface area contributed by atoms with Gasteiger partial charge in [0.1, 0.15) is 17.9 Å². The molecule has 3 aromatic carbocycles. The number of nitrogens with zero attached hydrogens (tertiary/aromatic N) is 1. The Morgan fingerprint density at radius 3 is 2.31 bits per heavy atom. The van der Waals surface area contributed by atoms with Gasteiger partial charge in [0.25, 0.3) is 11.8 Å². The molecule has 1 aliphatic rings. The smallest absolute Gasteiger partial charge is 0.335 e. The lowest BCUT2D eigenvalue weighted by molar-refractivity contribution is -0.122. The van der Waals surface area contributed by atoms with E-state index in [4.69, 9.17) is 27.9 Å². The number of hydrogen-bond donors (Lipinski definition) is 1. The molecule has 0 spiro atoms. The minimum atomic E-state index is -0.845. The molecule has 1 fully saturated rings. The van der Waals surface area contributed by atoms with Crippen molar-refractivity contribution >= 4 is 84.7 Å². The average Bonchev–Trinajstić information content (AvgIpc) is 2.79. The first-order valence-corrected chi connectivity index (χ1v) is 12.5. The number of ether oxygens (including phenoxy) is 1. The number of nitrogens with one attached hydrogen (secondary N) is 1. The number of imide groups is 2. The molecule has 0 aliphatic carbocycles. The van der Waals surface area contributed by atoms with Crippen LogP contribution in [0.2, 0.25) is 10.0 Å². The van der Waals surface area contributed by atoms with Crippen molar-refractivity contribution in [1.29, 1.82) is 0 Å². The largest absolute Gasteiger partial charge is 0.486 e. The van der Waals surface area contributed by atoms with Gasteiger partial charge < -0.3 is 4.74 Å². The molecule has 1 saturated heterocycles. The van der Waals surface area contributed by atoms with E-state index in [0.29, 0.717) is 30.3 Å². The van der Waals surface area contributed by atoms with Crippen molar-refractivity contribution in [3.05, 3.63) is 95.9 Å². The highest BCUT2D eigenvalue weighted by Crippen LogP contribution is 2.37. The van der Waals surface area contributed by atoms with E-state index in [1.54, 1.807) is 37.3 Å². The lowest BCUT2D eigenvalue weighted by Gasteiger charge is -2.26. The van der Waals surface area contributed by atoms with Crippen LogP contribution in [0.1, 0.15) is 16.7 Å². The molecule has 0 aromatic heterocycles. The molecule has 0 saturated carbocycles. The van der Waals surface area contributed by atoms with Crippen LogP contribution in [0.4, 0.5) is 10.5 Å². The molecule has 35 heavy (non-hydrogen) atoms. The van der Waals surface area contributed by atoms with Crippen LogP contribution in [0.15, 0.2) is 69.1 Å². The molecule has 0 atom stereocenters. The van der Waals surface area contributed by atoms with Crippen LogP contribution in [0, 0.1) is 6.92 Å². The van der Waals surface area contributed by atoms with Gasteiger partial charge in [-0.25, -0.2) is 9.69 Å². The number of amides is 4. The number of anilines is 1. The van der Waals surface area contributed by atoms with Crippen LogP contribution in [-0.2, 0) is 16.2 Å². The van der Waals surface area contributed by atoms with Crippen molar-refractivity contribution in [3.8, 4) is 5.75 Å². The zero-order chi connectivity index (χ0) is 25.3. The van der Waals surface area contributed by atoms with E-state index in [2.05, 4.69) is 37.2 Å². The molecule has 1 aliphatic heterocycles. The van der Waals surface area contributed by atoms with E-state index < -0.39 is 17.8 Å². The van der Waals surface area contributed by atoms with Gasteiger partial charge in [0.15, 0.2) is 0 Å². The Morgan fingerprint density at radius 2 is 1.66 bits per heavy atom. The number of benzene rings is 3. The van der Waals surface area contributed by atoms with E-state index in [9.17, 15) is 14.4 Å². The molecule has 4 amide bonds. The fourth-order valence-corrected chi connectivity index (χ4v) is 5.16. The number of barbiturate groups is 1. The molecular formula is C25H16Br2Cl2N2O4. The van der Waals surface area contributed by atoms with E-state index in [0.717, 1.165) is 16.0 Å². The number of carbonyl (C=O) groups is 3. The fourth-order valence-electron chi connectivity index (χ4n) is 3.35. The molecule has 0 radical (unpaired) electrons. The van der Waals surface area contributed by atoms with Crippen molar-refractivity contribution in [2.45, 2.75) is 13.5 Å². The topological polar surface area (TPSA) is 75.7 Å². The number of hydrogen-bond acceptors (Lipinski definition) is 4. The number of halogens is 4. The Hall–Kier alpha value is -2.65. The number of aryl methyl sites for hydroxylation is 1. The molecule has 4 rings (SSSR count). The maximum Gasteiger partial charge on any atom is 0.335 e. The Labute approximate surface area is 228 Å². The van der Waals surface area contributed by atoms with Gasteiger partial charge in [-0.05, 0) is 86.3 Å². The Bertz CT molecular complexity index is 1380. The van der Waals surface area contributed by atoms with E-state index in [1.165, 1.54) is 12.1 Å². The number of rotatable bonds is 5. The standard InChI is InChI=1S/C25H16Br2Cl2N2O4/c1-13-6-7-16(11-21(13)29)31-24(33)17(23(32)30-25(31)34)8-14-9-18(26)22(19(27)10-14)35-12-15-4-2-3-5-20(15)28/h2-11H,12H2,1H3,(H,30,32,34)/b17-8-. The molecule has 1 N–H and O–H groups in total. The zero-order valence-electron chi connectivity index (χ0n) is 18.1. The van der Waals surface area contributed by atoms with Gasteiger partial charge in [-0.15, -0.1) is 0 Å². The minimum absolute atomic E-state index is 0.204. The lowest BCUT2D eigenvalue weighted by Crippen LogP contribution is -2.54. The Kier molecular flexibility index (Phi) is 7.66. The molecular weight excluding hydrogens is 623 g/mol. The van der Waals surface area contributed by atoms with Crippen LogP contribution < -0.4 is 15.0 Å². The summed E-state index contributed by atoms with van der Waals surface area (Å²) in [6, 6.07) is 14.7. The Morgan fingerprint density at radius 1 is 0.971 bits per heavy atom.